The van der Waals surface area contributed by atoms with E-state index in [2.05, 4.69) is 28.6 Å². The molecule has 0 saturated heterocycles. The molecule has 36 heavy (non-hydrogen) atoms. The highest BCUT2D eigenvalue weighted by Gasteiger charge is 2.16. The molecule has 1 unspecified atom stereocenters. The molecule has 9 heteroatoms. The molecular weight excluding hydrogens is 498 g/mol. The van der Waals surface area contributed by atoms with Crippen molar-refractivity contribution in [2.45, 2.75) is 32.6 Å². The maximum Gasteiger partial charge on any atom is 0.230 e. The number of allylic oxidation sites excluding steroid dienone is 1. The summed E-state index contributed by atoms with van der Waals surface area (Å²) in [6, 6.07) is 10.5. The molecular formula is C27H28ClN3O4S. The van der Waals surface area contributed by atoms with Gasteiger partial charge in [-0.25, -0.2) is 0 Å². The molecule has 1 aliphatic rings. The number of anilines is 1. The van der Waals surface area contributed by atoms with Crippen LogP contribution >= 0.6 is 23.8 Å². The van der Waals surface area contributed by atoms with Crippen LogP contribution in [-0.2, 0) is 4.79 Å². The quantitative estimate of drug-likeness (QED) is 0.264. The normalized spacial score (nSPS) is 15.1. The molecule has 3 aromatic rings. The molecule has 0 fully saturated rings. The molecule has 1 aromatic heterocycles. The Morgan fingerprint density at radius 1 is 1.11 bits per heavy atom. The van der Waals surface area contributed by atoms with Crippen LogP contribution < -0.4 is 24.8 Å². The van der Waals surface area contributed by atoms with Gasteiger partial charge in [-0.3, -0.25) is 9.78 Å². The van der Waals surface area contributed by atoms with E-state index in [1.807, 2.05) is 6.07 Å². The average molecular weight is 526 g/mol. The van der Waals surface area contributed by atoms with Crippen molar-refractivity contribution in [3.05, 3.63) is 59.3 Å². The Morgan fingerprint density at radius 3 is 2.61 bits per heavy atom. The maximum absolute atomic E-state index is 12.4. The van der Waals surface area contributed by atoms with Crippen LogP contribution in [0.15, 0.2) is 54.2 Å². The fourth-order valence-electron chi connectivity index (χ4n) is 4.20. The number of benzene rings is 2. The zero-order chi connectivity index (χ0) is 25.7. The van der Waals surface area contributed by atoms with Crippen molar-refractivity contribution in [2.24, 2.45) is 5.92 Å². The number of halogens is 1. The van der Waals surface area contributed by atoms with Gasteiger partial charge in [0.05, 0.1) is 24.8 Å². The van der Waals surface area contributed by atoms with Gasteiger partial charge in [0.2, 0.25) is 5.91 Å². The van der Waals surface area contributed by atoms with Crippen LogP contribution in [0.25, 0.3) is 10.9 Å². The summed E-state index contributed by atoms with van der Waals surface area (Å²) in [4.78, 5) is 16.8. The summed E-state index contributed by atoms with van der Waals surface area (Å²) in [6.45, 7) is 2.21. The highest BCUT2D eigenvalue weighted by atomic mass is 35.5. The molecule has 7 nitrogen and oxygen atoms in total. The predicted molar refractivity (Wildman–Crippen MR) is 146 cm³/mol. The lowest BCUT2D eigenvalue weighted by Crippen LogP contribution is -2.34. The van der Waals surface area contributed by atoms with E-state index in [-0.39, 0.29) is 11.0 Å². The molecule has 0 radical (unpaired) electrons. The van der Waals surface area contributed by atoms with E-state index in [4.69, 9.17) is 38.0 Å². The van der Waals surface area contributed by atoms with Crippen molar-refractivity contribution in [1.82, 2.24) is 10.3 Å². The second kappa shape index (κ2) is 11.6. The van der Waals surface area contributed by atoms with Gasteiger partial charge >= 0.3 is 0 Å². The van der Waals surface area contributed by atoms with Gasteiger partial charge in [0, 0.05) is 29.8 Å². The van der Waals surface area contributed by atoms with Gasteiger partial charge in [-0.2, -0.15) is 0 Å². The maximum atomic E-state index is 12.4. The minimum absolute atomic E-state index is 0.129. The first-order valence-electron chi connectivity index (χ1n) is 11.6. The number of nitrogens with one attached hydrogen (secondary N) is 2. The van der Waals surface area contributed by atoms with E-state index >= 15 is 0 Å². The van der Waals surface area contributed by atoms with Gasteiger partial charge in [-0.05, 0) is 67.7 Å². The fourth-order valence-corrected chi connectivity index (χ4v) is 4.66. The second-order valence-corrected chi connectivity index (χ2v) is 9.52. The third-order valence-corrected chi connectivity index (χ3v) is 6.46. The highest BCUT2D eigenvalue weighted by molar-refractivity contribution is 7.80. The smallest absolute Gasteiger partial charge is 0.230 e. The fraction of sp³-hybridized carbons (Fsp3) is 0.296. The molecule has 2 N–H and O–H groups in total. The number of amides is 1. The molecule has 188 valence electrons. The van der Waals surface area contributed by atoms with E-state index in [9.17, 15) is 4.79 Å². The number of pyridine rings is 1. The summed E-state index contributed by atoms with van der Waals surface area (Å²) in [5.41, 5.74) is 2.49. The van der Waals surface area contributed by atoms with Crippen LogP contribution in [0.1, 0.15) is 32.6 Å². The number of carbonyl (C=O) groups excluding carboxylic acids is 1. The van der Waals surface area contributed by atoms with Gasteiger partial charge in [-0.15, -0.1) is 0 Å². The molecule has 1 heterocycles. The number of carbonyl (C=O) groups is 1. The number of hydrogen-bond acceptors (Lipinski definition) is 6. The summed E-state index contributed by atoms with van der Waals surface area (Å²) in [7, 11) is 3.15. The van der Waals surface area contributed by atoms with E-state index < -0.39 is 0 Å². The van der Waals surface area contributed by atoms with Gasteiger partial charge in [0.25, 0.3) is 0 Å². The number of thiocarbonyl (C=S) groups is 1. The summed E-state index contributed by atoms with van der Waals surface area (Å²) >= 11 is 11.8. The van der Waals surface area contributed by atoms with E-state index in [0.29, 0.717) is 51.6 Å². The molecule has 2 aromatic carbocycles. The number of rotatable bonds is 7. The molecule has 0 aliphatic heterocycles. The average Bonchev–Trinajstić information content (AvgIpc) is 2.84. The van der Waals surface area contributed by atoms with Crippen molar-refractivity contribution >= 4 is 51.4 Å². The standard InChI is InChI=1S/C27H28ClN3O4S/c1-16-5-4-6-17(11-16)12-26(32)31-27(36)30-18-7-8-23(20(28)13-18)35-22-9-10-29-21-15-25(34-3)24(33-2)14-19(21)22/h6-10,13-16H,4-5,11-12H2,1-3H3,(H2,30,31,32,36). The Balaban J connectivity index is 1.42. The Kier molecular flexibility index (Phi) is 8.28. The molecule has 4 rings (SSSR count). The predicted octanol–water partition coefficient (Wildman–Crippen LogP) is 6.65. The van der Waals surface area contributed by atoms with Crippen molar-refractivity contribution in [3.8, 4) is 23.0 Å². The lowest BCUT2D eigenvalue weighted by Gasteiger charge is -2.19. The lowest BCUT2D eigenvalue weighted by molar-refractivity contribution is -0.119. The Morgan fingerprint density at radius 2 is 1.89 bits per heavy atom. The zero-order valence-corrected chi connectivity index (χ0v) is 22.0. The van der Waals surface area contributed by atoms with Crippen molar-refractivity contribution in [2.75, 3.05) is 19.5 Å². The molecule has 1 amide bonds. The molecule has 0 spiro atoms. The SMILES string of the molecule is COc1cc2nccc(Oc3ccc(NC(=S)NC(=O)CC4=CCCC(C)C4)cc3Cl)c2cc1OC. The number of nitrogens with zero attached hydrogens (tertiary/aromatic N) is 1. The number of methoxy groups -OCH3 is 2. The second-order valence-electron chi connectivity index (χ2n) is 8.71. The van der Waals surface area contributed by atoms with Crippen molar-refractivity contribution in [3.63, 3.8) is 0 Å². The number of ether oxygens (including phenoxy) is 3. The topological polar surface area (TPSA) is 81.7 Å². The van der Waals surface area contributed by atoms with Gasteiger partial charge in [0.15, 0.2) is 16.6 Å². The molecule has 1 aliphatic carbocycles. The van der Waals surface area contributed by atoms with E-state index in [1.54, 1.807) is 50.7 Å². The Bertz CT molecular complexity index is 1330. The zero-order valence-electron chi connectivity index (χ0n) is 20.4. The van der Waals surface area contributed by atoms with Crippen LogP contribution in [0.2, 0.25) is 5.02 Å². The van der Waals surface area contributed by atoms with Crippen LogP contribution in [0.3, 0.4) is 0 Å². The van der Waals surface area contributed by atoms with Crippen molar-refractivity contribution < 1.29 is 19.0 Å². The van der Waals surface area contributed by atoms with Crippen LogP contribution in [0, 0.1) is 5.92 Å². The summed E-state index contributed by atoms with van der Waals surface area (Å²) in [6.07, 6.45) is 7.32. The first-order chi connectivity index (χ1) is 17.4. The Hall–Kier alpha value is -3.36. The number of hydrogen-bond donors (Lipinski definition) is 2. The first kappa shape index (κ1) is 25.7. The van der Waals surface area contributed by atoms with E-state index in [0.717, 1.165) is 18.2 Å². The molecule has 0 saturated carbocycles. The van der Waals surface area contributed by atoms with Crippen LogP contribution in [-0.4, -0.2) is 30.2 Å². The van der Waals surface area contributed by atoms with Gasteiger partial charge in [-0.1, -0.05) is 30.2 Å². The minimum atomic E-state index is -0.129. The summed E-state index contributed by atoms with van der Waals surface area (Å²) in [5, 5.41) is 7.09. The van der Waals surface area contributed by atoms with Gasteiger partial charge < -0.3 is 24.8 Å². The van der Waals surface area contributed by atoms with Crippen LogP contribution in [0.4, 0.5) is 5.69 Å². The van der Waals surface area contributed by atoms with Crippen LogP contribution in [0.5, 0.6) is 23.0 Å². The third kappa shape index (κ3) is 6.25. The molecule has 0 bridgehead atoms. The summed E-state index contributed by atoms with van der Waals surface area (Å²) in [5.74, 6) is 2.65. The highest BCUT2D eigenvalue weighted by Crippen LogP contribution is 2.38. The Labute approximate surface area is 220 Å². The molecule has 1 atom stereocenters. The minimum Gasteiger partial charge on any atom is -0.493 e. The van der Waals surface area contributed by atoms with E-state index in [1.165, 1.54) is 12.0 Å². The van der Waals surface area contributed by atoms with Crippen molar-refractivity contribution in [1.29, 1.82) is 0 Å². The summed E-state index contributed by atoms with van der Waals surface area (Å²) < 4.78 is 16.9. The number of fused-ring (bicyclic) bond motifs is 1. The largest absolute Gasteiger partial charge is 0.493 e. The monoisotopic (exact) mass is 525 g/mol. The number of aromatic nitrogens is 1. The van der Waals surface area contributed by atoms with Gasteiger partial charge in [0.1, 0.15) is 11.5 Å². The lowest BCUT2D eigenvalue weighted by atomic mass is 9.89. The third-order valence-electron chi connectivity index (χ3n) is 5.96. The first-order valence-corrected chi connectivity index (χ1v) is 12.4.